The lowest BCUT2D eigenvalue weighted by molar-refractivity contribution is 1.22. The van der Waals surface area contributed by atoms with Gasteiger partial charge in [-0.15, -0.1) is 0 Å². The highest BCUT2D eigenvalue weighted by molar-refractivity contribution is 6.29. The maximum absolute atomic E-state index is 11.1. The number of imidazole rings is 1. The first kappa shape index (κ1) is 10.1. The van der Waals surface area contributed by atoms with E-state index in [1.165, 1.54) is 0 Å². The van der Waals surface area contributed by atoms with E-state index < -0.39 is 0 Å². The van der Waals surface area contributed by atoms with Gasteiger partial charge in [0.15, 0.2) is 0 Å². The first-order chi connectivity index (χ1) is 8.22. The third-order valence-corrected chi connectivity index (χ3v) is 2.78. The van der Waals surface area contributed by atoms with E-state index in [4.69, 9.17) is 11.6 Å². The molecule has 0 fully saturated rings. The zero-order valence-electron chi connectivity index (χ0n) is 8.70. The van der Waals surface area contributed by atoms with Gasteiger partial charge in [-0.05, 0) is 35.4 Å². The summed E-state index contributed by atoms with van der Waals surface area (Å²) in [4.78, 5) is 20.5. The molecule has 17 heavy (non-hydrogen) atoms. The van der Waals surface area contributed by atoms with Crippen LogP contribution in [0.2, 0.25) is 5.15 Å². The van der Waals surface area contributed by atoms with Crippen molar-refractivity contribution in [2.75, 3.05) is 0 Å². The van der Waals surface area contributed by atoms with E-state index >= 15 is 0 Å². The number of H-pyrrole nitrogens is 2. The molecule has 0 bridgehead atoms. The number of pyridine rings is 1. The van der Waals surface area contributed by atoms with E-state index in [-0.39, 0.29) is 5.69 Å². The van der Waals surface area contributed by atoms with Crippen molar-refractivity contribution in [2.24, 2.45) is 0 Å². The number of benzene rings is 1. The zero-order chi connectivity index (χ0) is 11.8. The fourth-order valence-corrected chi connectivity index (χ4v) is 1.97. The maximum Gasteiger partial charge on any atom is 0.323 e. The van der Waals surface area contributed by atoms with Crippen molar-refractivity contribution >= 4 is 22.6 Å². The van der Waals surface area contributed by atoms with Gasteiger partial charge in [0.2, 0.25) is 0 Å². The van der Waals surface area contributed by atoms with Crippen LogP contribution in [0.3, 0.4) is 0 Å². The van der Waals surface area contributed by atoms with Gasteiger partial charge >= 0.3 is 5.69 Å². The topological polar surface area (TPSA) is 61.5 Å². The van der Waals surface area contributed by atoms with Gasteiger partial charge in [-0.1, -0.05) is 17.7 Å². The number of halogens is 1. The van der Waals surface area contributed by atoms with Crippen LogP contribution < -0.4 is 5.69 Å². The summed E-state index contributed by atoms with van der Waals surface area (Å²) in [5, 5.41) is 0.449. The number of hydrogen-bond donors (Lipinski definition) is 2. The highest BCUT2D eigenvalue weighted by Crippen LogP contribution is 2.23. The Hall–Kier alpha value is -2.07. The van der Waals surface area contributed by atoms with E-state index in [0.29, 0.717) is 5.15 Å². The average molecular weight is 246 g/mol. The molecule has 5 heteroatoms. The highest BCUT2D eigenvalue weighted by atomic mass is 35.5. The molecule has 0 radical (unpaired) electrons. The molecule has 4 nitrogen and oxygen atoms in total. The van der Waals surface area contributed by atoms with Crippen LogP contribution in [0.15, 0.2) is 41.3 Å². The predicted molar refractivity (Wildman–Crippen MR) is 67.2 cm³/mol. The molecule has 0 aliphatic heterocycles. The second-order valence-electron chi connectivity index (χ2n) is 3.71. The number of aromatic nitrogens is 3. The van der Waals surface area contributed by atoms with Crippen LogP contribution in [-0.2, 0) is 0 Å². The Labute approximate surface area is 101 Å². The van der Waals surface area contributed by atoms with Gasteiger partial charge in [0.25, 0.3) is 0 Å². The maximum atomic E-state index is 11.1. The van der Waals surface area contributed by atoms with Crippen molar-refractivity contribution in [3.05, 3.63) is 52.2 Å². The van der Waals surface area contributed by atoms with Gasteiger partial charge in [-0.2, -0.15) is 0 Å². The van der Waals surface area contributed by atoms with Gasteiger partial charge in [0.1, 0.15) is 5.15 Å². The van der Waals surface area contributed by atoms with Gasteiger partial charge in [-0.25, -0.2) is 9.78 Å². The molecule has 3 aromatic rings. The van der Waals surface area contributed by atoms with E-state index in [9.17, 15) is 4.79 Å². The molecular weight excluding hydrogens is 238 g/mol. The quantitative estimate of drug-likeness (QED) is 0.648. The highest BCUT2D eigenvalue weighted by Gasteiger charge is 2.02. The zero-order valence-corrected chi connectivity index (χ0v) is 9.45. The number of fused-ring (bicyclic) bond motifs is 1. The van der Waals surface area contributed by atoms with Crippen LogP contribution in [0.25, 0.3) is 22.2 Å². The van der Waals surface area contributed by atoms with Crippen molar-refractivity contribution in [3.8, 4) is 11.1 Å². The SMILES string of the molecule is O=c1[nH]c2ccc(-c3ccnc(Cl)c3)cc2[nH]1. The number of rotatable bonds is 1. The van der Waals surface area contributed by atoms with Gasteiger partial charge < -0.3 is 9.97 Å². The molecule has 1 aromatic carbocycles. The van der Waals surface area contributed by atoms with Crippen LogP contribution >= 0.6 is 11.6 Å². The summed E-state index contributed by atoms with van der Waals surface area (Å²) in [6.45, 7) is 0. The van der Waals surface area contributed by atoms with Crippen LogP contribution in [0, 0.1) is 0 Å². The van der Waals surface area contributed by atoms with E-state index in [2.05, 4.69) is 15.0 Å². The van der Waals surface area contributed by atoms with Gasteiger partial charge in [0, 0.05) is 6.20 Å². The van der Waals surface area contributed by atoms with Crippen LogP contribution in [0.5, 0.6) is 0 Å². The summed E-state index contributed by atoms with van der Waals surface area (Å²) in [5.74, 6) is 0. The Morgan fingerprint density at radius 2 is 1.76 bits per heavy atom. The molecule has 84 valence electrons. The standard InChI is InChI=1S/C12H8ClN3O/c13-11-6-8(3-4-14-11)7-1-2-9-10(5-7)16-12(17)15-9/h1-6H,(H2,15,16,17). The molecule has 0 unspecified atom stereocenters. The van der Waals surface area contributed by atoms with Gasteiger partial charge in [0.05, 0.1) is 11.0 Å². The summed E-state index contributed by atoms with van der Waals surface area (Å²) >= 11 is 5.84. The molecular formula is C12H8ClN3O. The minimum absolute atomic E-state index is 0.204. The molecule has 3 rings (SSSR count). The van der Waals surface area contributed by atoms with E-state index in [0.717, 1.165) is 22.2 Å². The normalized spacial score (nSPS) is 10.9. The molecule has 2 aromatic heterocycles. The fraction of sp³-hybridized carbons (Fsp3) is 0. The van der Waals surface area contributed by atoms with E-state index in [1.54, 1.807) is 12.3 Å². The lowest BCUT2D eigenvalue weighted by atomic mass is 10.1. The Morgan fingerprint density at radius 3 is 2.59 bits per heavy atom. The molecule has 0 saturated heterocycles. The molecule has 0 atom stereocenters. The van der Waals surface area contributed by atoms with Crippen molar-refractivity contribution in [3.63, 3.8) is 0 Å². The molecule has 0 spiro atoms. The summed E-state index contributed by atoms with van der Waals surface area (Å²) < 4.78 is 0. The van der Waals surface area contributed by atoms with Crippen LogP contribution in [-0.4, -0.2) is 15.0 Å². The Bertz CT molecular complexity index is 745. The lowest BCUT2D eigenvalue weighted by Crippen LogP contribution is -1.99. The number of nitrogens with one attached hydrogen (secondary N) is 2. The minimum Gasteiger partial charge on any atom is -0.306 e. The first-order valence-electron chi connectivity index (χ1n) is 5.06. The smallest absolute Gasteiger partial charge is 0.306 e. The fourth-order valence-electron chi connectivity index (χ4n) is 1.79. The summed E-state index contributed by atoms with van der Waals surface area (Å²) in [6, 6.07) is 9.35. The third kappa shape index (κ3) is 1.83. The van der Waals surface area contributed by atoms with Crippen LogP contribution in [0.1, 0.15) is 0 Å². The number of nitrogens with zero attached hydrogens (tertiary/aromatic N) is 1. The molecule has 2 N–H and O–H groups in total. The molecule has 0 saturated carbocycles. The second kappa shape index (κ2) is 3.75. The Morgan fingerprint density at radius 1 is 1.00 bits per heavy atom. The second-order valence-corrected chi connectivity index (χ2v) is 4.09. The Balaban J connectivity index is 2.20. The van der Waals surface area contributed by atoms with Crippen molar-refractivity contribution in [2.45, 2.75) is 0 Å². The molecule has 0 aliphatic carbocycles. The largest absolute Gasteiger partial charge is 0.323 e. The van der Waals surface area contributed by atoms with Crippen LogP contribution in [0.4, 0.5) is 0 Å². The monoisotopic (exact) mass is 245 g/mol. The van der Waals surface area contributed by atoms with Gasteiger partial charge in [-0.3, -0.25) is 0 Å². The molecule has 0 aliphatic rings. The lowest BCUT2D eigenvalue weighted by Gasteiger charge is -2.01. The van der Waals surface area contributed by atoms with Crippen molar-refractivity contribution in [1.29, 1.82) is 0 Å². The third-order valence-electron chi connectivity index (χ3n) is 2.58. The van der Waals surface area contributed by atoms with E-state index in [1.807, 2.05) is 24.3 Å². The van der Waals surface area contributed by atoms with Crippen molar-refractivity contribution < 1.29 is 0 Å². The minimum atomic E-state index is -0.204. The molecule has 0 amide bonds. The summed E-state index contributed by atoms with van der Waals surface area (Å²) in [6.07, 6.45) is 1.65. The average Bonchev–Trinajstić information content (AvgIpc) is 2.68. The Kier molecular flexibility index (Phi) is 2.23. The van der Waals surface area contributed by atoms with Crippen molar-refractivity contribution in [1.82, 2.24) is 15.0 Å². The summed E-state index contributed by atoms with van der Waals surface area (Å²) in [5.41, 5.74) is 3.32. The predicted octanol–water partition coefficient (Wildman–Crippen LogP) is 2.57. The molecule has 2 heterocycles. The number of aromatic amines is 2. The first-order valence-corrected chi connectivity index (χ1v) is 5.44. The number of hydrogen-bond acceptors (Lipinski definition) is 2. The summed E-state index contributed by atoms with van der Waals surface area (Å²) in [7, 11) is 0.